The molecule has 0 unspecified atom stereocenters. The Hall–Kier alpha value is -0.890. The first-order valence-corrected chi connectivity index (χ1v) is 6.42. The fourth-order valence-electron chi connectivity index (χ4n) is 2.50. The van der Waals surface area contributed by atoms with Gasteiger partial charge < -0.3 is 10.6 Å². The molecule has 1 aromatic carbocycles. The zero-order chi connectivity index (χ0) is 11.5. The van der Waals surface area contributed by atoms with Crippen molar-refractivity contribution in [2.45, 2.75) is 38.6 Å². The Morgan fingerprint density at radius 2 is 2.25 bits per heavy atom. The molecule has 0 aromatic heterocycles. The lowest BCUT2D eigenvalue weighted by Gasteiger charge is -2.37. The van der Waals surface area contributed by atoms with Gasteiger partial charge in [0.25, 0.3) is 0 Å². The molecule has 1 saturated heterocycles. The molecule has 2 N–H and O–H groups in total. The molecule has 1 fully saturated rings. The fraction of sp³-hybridized carbons (Fsp3) is 0.538. The van der Waals surface area contributed by atoms with Crippen molar-refractivity contribution in [1.82, 2.24) is 0 Å². The maximum atomic E-state index is 6.26. The Balaban J connectivity index is 2.27. The van der Waals surface area contributed by atoms with E-state index in [0.717, 1.165) is 22.9 Å². The fourth-order valence-corrected chi connectivity index (χ4v) is 2.80. The van der Waals surface area contributed by atoms with Crippen LogP contribution in [0.2, 0.25) is 5.02 Å². The van der Waals surface area contributed by atoms with Crippen LogP contribution in [0.25, 0.3) is 0 Å². The minimum absolute atomic E-state index is 0.634. The van der Waals surface area contributed by atoms with Gasteiger partial charge in [-0.1, -0.05) is 18.5 Å². The highest BCUT2D eigenvalue weighted by Crippen LogP contribution is 2.33. The van der Waals surface area contributed by atoms with Crippen molar-refractivity contribution in [3.8, 4) is 0 Å². The number of anilines is 2. The minimum Gasteiger partial charge on any atom is -0.399 e. The third-order valence-electron chi connectivity index (χ3n) is 3.38. The minimum atomic E-state index is 0.634. The third-order valence-corrected chi connectivity index (χ3v) is 3.68. The second-order valence-electron chi connectivity index (χ2n) is 4.46. The lowest BCUT2D eigenvalue weighted by atomic mass is 9.99. The molecule has 16 heavy (non-hydrogen) atoms. The van der Waals surface area contributed by atoms with E-state index in [1.54, 1.807) is 0 Å². The summed E-state index contributed by atoms with van der Waals surface area (Å²) in [5.74, 6) is 0. The zero-order valence-electron chi connectivity index (χ0n) is 9.75. The van der Waals surface area contributed by atoms with Crippen LogP contribution in [0.4, 0.5) is 11.4 Å². The molecule has 2 nitrogen and oxygen atoms in total. The summed E-state index contributed by atoms with van der Waals surface area (Å²) in [4.78, 5) is 2.44. The van der Waals surface area contributed by atoms with Crippen LogP contribution < -0.4 is 10.6 Å². The smallest absolute Gasteiger partial charge is 0.0660 e. The van der Waals surface area contributed by atoms with Crippen molar-refractivity contribution in [2.75, 3.05) is 17.2 Å². The highest BCUT2D eigenvalue weighted by atomic mass is 35.5. The molecule has 1 heterocycles. The zero-order valence-corrected chi connectivity index (χ0v) is 10.5. The lowest BCUT2D eigenvalue weighted by molar-refractivity contribution is 0.450. The van der Waals surface area contributed by atoms with Gasteiger partial charge in [0.15, 0.2) is 0 Å². The van der Waals surface area contributed by atoms with E-state index in [1.807, 2.05) is 18.2 Å². The van der Waals surface area contributed by atoms with Crippen molar-refractivity contribution in [3.63, 3.8) is 0 Å². The highest BCUT2D eigenvalue weighted by molar-refractivity contribution is 6.33. The van der Waals surface area contributed by atoms with Crippen molar-refractivity contribution in [1.29, 1.82) is 0 Å². The van der Waals surface area contributed by atoms with Gasteiger partial charge in [0.1, 0.15) is 0 Å². The monoisotopic (exact) mass is 238 g/mol. The number of hydrogen-bond donors (Lipinski definition) is 1. The van der Waals surface area contributed by atoms with Gasteiger partial charge in [-0.25, -0.2) is 0 Å². The summed E-state index contributed by atoms with van der Waals surface area (Å²) < 4.78 is 0. The van der Waals surface area contributed by atoms with Crippen LogP contribution in [0.5, 0.6) is 0 Å². The van der Waals surface area contributed by atoms with Gasteiger partial charge in [0, 0.05) is 18.3 Å². The number of nitrogens with zero attached hydrogens (tertiary/aromatic N) is 1. The molecule has 0 radical (unpaired) electrons. The van der Waals surface area contributed by atoms with E-state index in [-0.39, 0.29) is 0 Å². The summed E-state index contributed by atoms with van der Waals surface area (Å²) >= 11 is 6.26. The Kier molecular flexibility index (Phi) is 3.59. The topological polar surface area (TPSA) is 29.3 Å². The van der Waals surface area contributed by atoms with Crippen molar-refractivity contribution >= 4 is 23.0 Å². The molecule has 0 spiro atoms. The summed E-state index contributed by atoms with van der Waals surface area (Å²) in [6.07, 6.45) is 5.05. The standard InChI is InChI=1S/C13H19ClN2/c1-2-11-5-3-4-8-16(11)13-7-6-10(15)9-12(13)14/h6-7,9,11H,2-5,8,15H2,1H3/t11-/m1/s1. The van der Waals surface area contributed by atoms with Crippen LogP contribution in [-0.4, -0.2) is 12.6 Å². The van der Waals surface area contributed by atoms with Crippen molar-refractivity contribution in [2.24, 2.45) is 0 Å². The average molecular weight is 239 g/mol. The molecule has 0 saturated carbocycles. The summed E-state index contributed by atoms with van der Waals surface area (Å²) in [5.41, 5.74) is 7.60. The Bertz CT molecular complexity index is 365. The van der Waals surface area contributed by atoms with Crippen molar-refractivity contribution in [3.05, 3.63) is 23.2 Å². The van der Waals surface area contributed by atoms with E-state index in [2.05, 4.69) is 11.8 Å². The number of nitrogen functional groups attached to an aromatic ring is 1. The number of piperidine rings is 1. The van der Waals surface area contributed by atoms with Gasteiger partial charge in [-0.2, -0.15) is 0 Å². The number of halogens is 1. The van der Waals surface area contributed by atoms with Crippen LogP contribution in [0, 0.1) is 0 Å². The molecule has 0 bridgehead atoms. The number of rotatable bonds is 2. The molecule has 1 aliphatic rings. The van der Waals surface area contributed by atoms with Gasteiger partial charge >= 0.3 is 0 Å². The largest absolute Gasteiger partial charge is 0.399 e. The summed E-state index contributed by atoms with van der Waals surface area (Å²) in [5, 5.41) is 0.778. The molecule has 1 aromatic rings. The molecule has 0 amide bonds. The van der Waals surface area contributed by atoms with Crippen LogP contribution in [-0.2, 0) is 0 Å². The lowest BCUT2D eigenvalue weighted by Crippen LogP contribution is -2.39. The molecule has 1 atom stereocenters. The van der Waals surface area contributed by atoms with E-state index in [4.69, 9.17) is 17.3 Å². The van der Waals surface area contributed by atoms with E-state index < -0.39 is 0 Å². The predicted octanol–water partition coefficient (Wildman–Crippen LogP) is 3.69. The maximum Gasteiger partial charge on any atom is 0.0660 e. The Labute approximate surface area is 102 Å². The third kappa shape index (κ3) is 2.27. The van der Waals surface area contributed by atoms with E-state index >= 15 is 0 Å². The van der Waals surface area contributed by atoms with Crippen LogP contribution in [0.15, 0.2) is 18.2 Å². The summed E-state index contributed by atoms with van der Waals surface area (Å²) in [6.45, 7) is 3.36. The van der Waals surface area contributed by atoms with E-state index in [9.17, 15) is 0 Å². The summed E-state index contributed by atoms with van der Waals surface area (Å²) in [7, 11) is 0. The first-order chi connectivity index (χ1) is 7.72. The van der Waals surface area contributed by atoms with Crippen LogP contribution in [0.3, 0.4) is 0 Å². The SMILES string of the molecule is CC[C@@H]1CCCCN1c1ccc(N)cc1Cl. The van der Waals surface area contributed by atoms with Gasteiger partial charge in [0.2, 0.25) is 0 Å². The first kappa shape index (κ1) is 11.6. The van der Waals surface area contributed by atoms with E-state index in [1.165, 1.54) is 25.7 Å². The molecule has 1 aliphatic heterocycles. The molecule has 3 heteroatoms. The average Bonchev–Trinajstić information content (AvgIpc) is 2.29. The molecule has 88 valence electrons. The van der Waals surface area contributed by atoms with Gasteiger partial charge in [0.05, 0.1) is 10.7 Å². The van der Waals surface area contributed by atoms with Crippen LogP contribution >= 0.6 is 11.6 Å². The van der Waals surface area contributed by atoms with Crippen molar-refractivity contribution < 1.29 is 0 Å². The Morgan fingerprint density at radius 1 is 1.44 bits per heavy atom. The molecular weight excluding hydrogens is 220 g/mol. The molecule has 0 aliphatic carbocycles. The molecular formula is C13H19ClN2. The number of benzene rings is 1. The number of hydrogen-bond acceptors (Lipinski definition) is 2. The highest BCUT2D eigenvalue weighted by Gasteiger charge is 2.22. The first-order valence-electron chi connectivity index (χ1n) is 6.04. The molecule has 2 rings (SSSR count). The van der Waals surface area contributed by atoms with Gasteiger partial charge in [-0.05, 0) is 43.9 Å². The second-order valence-corrected chi connectivity index (χ2v) is 4.87. The van der Waals surface area contributed by atoms with Gasteiger partial charge in [-0.3, -0.25) is 0 Å². The predicted molar refractivity (Wildman–Crippen MR) is 71.1 cm³/mol. The Morgan fingerprint density at radius 3 is 2.94 bits per heavy atom. The van der Waals surface area contributed by atoms with E-state index in [0.29, 0.717) is 6.04 Å². The summed E-state index contributed by atoms with van der Waals surface area (Å²) in [6, 6.07) is 6.46. The van der Waals surface area contributed by atoms with Gasteiger partial charge in [-0.15, -0.1) is 0 Å². The quantitative estimate of drug-likeness (QED) is 0.797. The maximum absolute atomic E-state index is 6.26. The van der Waals surface area contributed by atoms with Crippen LogP contribution in [0.1, 0.15) is 32.6 Å². The second kappa shape index (κ2) is 4.96. The number of nitrogens with two attached hydrogens (primary N) is 1. The normalized spacial score (nSPS) is 21.1.